The number of piperazine rings is 1. The molecule has 2 rings (SSSR count). The van der Waals surface area contributed by atoms with Crippen molar-refractivity contribution in [3.05, 3.63) is 41.6 Å². The first-order valence-corrected chi connectivity index (χ1v) is 7.05. The largest absolute Gasteiger partial charge is 0.373 e. The van der Waals surface area contributed by atoms with Crippen molar-refractivity contribution in [1.82, 2.24) is 9.80 Å². The van der Waals surface area contributed by atoms with Crippen LogP contribution in [0.25, 0.3) is 0 Å². The number of nitriles is 1. The van der Waals surface area contributed by atoms with E-state index in [-0.39, 0.29) is 5.57 Å². The minimum absolute atomic E-state index is 0.0557. The zero-order valence-electron chi connectivity index (χ0n) is 12.5. The maximum atomic E-state index is 12.1. The van der Waals surface area contributed by atoms with Gasteiger partial charge in [-0.1, -0.05) is 17.7 Å². The van der Waals surface area contributed by atoms with Crippen molar-refractivity contribution in [2.45, 2.75) is 6.92 Å². The number of anilines is 1. The molecule has 1 saturated heterocycles. The van der Waals surface area contributed by atoms with Crippen molar-refractivity contribution in [3.8, 4) is 6.07 Å². The summed E-state index contributed by atoms with van der Waals surface area (Å²) in [7, 11) is 0. The lowest BCUT2D eigenvalue weighted by molar-refractivity contribution is -0.119. The SMILES string of the molecule is Cc1ccc(NC(=O)/C(C#N)=C\N2CCN(C=O)CC2)cc1. The molecule has 0 spiro atoms. The first kappa shape index (κ1) is 15.6. The maximum Gasteiger partial charge on any atom is 0.267 e. The van der Waals surface area contributed by atoms with E-state index >= 15 is 0 Å². The summed E-state index contributed by atoms with van der Waals surface area (Å²) in [5.74, 6) is -0.427. The number of nitrogens with one attached hydrogen (secondary N) is 1. The summed E-state index contributed by atoms with van der Waals surface area (Å²) in [6, 6.07) is 9.31. The highest BCUT2D eigenvalue weighted by molar-refractivity contribution is 6.06. The van der Waals surface area contributed by atoms with Gasteiger partial charge in [0.15, 0.2) is 0 Å². The maximum absolute atomic E-state index is 12.1. The number of hydrogen-bond donors (Lipinski definition) is 1. The Morgan fingerprint density at radius 2 is 1.77 bits per heavy atom. The molecule has 1 heterocycles. The van der Waals surface area contributed by atoms with Crippen LogP contribution >= 0.6 is 0 Å². The number of rotatable bonds is 4. The molecule has 0 saturated carbocycles. The number of carbonyl (C=O) groups excluding carboxylic acids is 2. The molecule has 1 fully saturated rings. The number of hydrogen-bond acceptors (Lipinski definition) is 4. The van der Waals surface area contributed by atoms with Crippen LogP contribution in [0.2, 0.25) is 0 Å². The predicted octanol–water partition coefficient (Wildman–Crippen LogP) is 1.11. The second-order valence-corrected chi connectivity index (χ2v) is 5.15. The fraction of sp³-hybridized carbons (Fsp3) is 0.312. The zero-order valence-corrected chi connectivity index (χ0v) is 12.5. The standard InChI is InChI=1S/C16H18N4O2/c1-13-2-4-15(5-3-13)18-16(22)14(10-17)11-19-6-8-20(12-21)9-7-19/h2-5,11-12H,6-9H2,1H3,(H,18,22)/b14-11-. The zero-order chi connectivity index (χ0) is 15.9. The molecule has 6 heteroatoms. The molecule has 1 aromatic carbocycles. The van der Waals surface area contributed by atoms with E-state index in [0.717, 1.165) is 12.0 Å². The first-order chi connectivity index (χ1) is 10.6. The average molecular weight is 298 g/mol. The Kier molecular flexibility index (Phi) is 5.15. The average Bonchev–Trinajstić information content (AvgIpc) is 2.55. The molecule has 1 aliphatic heterocycles. The monoisotopic (exact) mass is 298 g/mol. The Labute approximate surface area is 129 Å². The molecule has 0 atom stereocenters. The van der Waals surface area contributed by atoms with E-state index in [1.54, 1.807) is 23.2 Å². The van der Waals surface area contributed by atoms with Gasteiger partial charge in [0.2, 0.25) is 6.41 Å². The summed E-state index contributed by atoms with van der Waals surface area (Å²) in [6.45, 7) is 4.38. The molecule has 0 unspecified atom stereocenters. The highest BCUT2D eigenvalue weighted by Crippen LogP contribution is 2.11. The third kappa shape index (κ3) is 4.09. The fourth-order valence-corrected chi connectivity index (χ4v) is 2.13. The molecule has 0 aliphatic carbocycles. The lowest BCUT2D eigenvalue weighted by atomic mass is 10.2. The van der Waals surface area contributed by atoms with Gasteiger partial charge in [-0.15, -0.1) is 0 Å². The van der Waals surface area contributed by atoms with E-state index in [9.17, 15) is 14.9 Å². The molecule has 1 aliphatic rings. The van der Waals surface area contributed by atoms with Gasteiger partial charge in [0.25, 0.3) is 5.91 Å². The Hall–Kier alpha value is -2.81. The molecule has 0 radical (unpaired) electrons. The smallest absolute Gasteiger partial charge is 0.267 e. The molecule has 0 bridgehead atoms. The van der Waals surface area contributed by atoms with Gasteiger partial charge in [-0.3, -0.25) is 9.59 Å². The molecule has 114 valence electrons. The quantitative estimate of drug-likeness (QED) is 0.513. The summed E-state index contributed by atoms with van der Waals surface area (Å²) in [5, 5.41) is 11.9. The lowest BCUT2D eigenvalue weighted by Gasteiger charge is -2.31. The third-order valence-corrected chi connectivity index (χ3v) is 3.48. The number of carbonyl (C=O) groups is 2. The Morgan fingerprint density at radius 3 is 2.32 bits per heavy atom. The first-order valence-electron chi connectivity index (χ1n) is 7.05. The van der Waals surface area contributed by atoms with E-state index in [1.807, 2.05) is 30.0 Å². The van der Waals surface area contributed by atoms with Crippen LogP contribution < -0.4 is 5.32 Å². The molecule has 6 nitrogen and oxygen atoms in total. The highest BCUT2D eigenvalue weighted by Gasteiger charge is 2.16. The number of benzene rings is 1. The van der Waals surface area contributed by atoms with Gasteiger partial charge in [-0.05, 0) is 19.1 Å². The Bertz CT molecular complexity index is 608. The van der Waals surface area contributed by atoms with Crippen LogP contribution in [0, 0.1) is 18.3 Å². The van der Waals surface area contributed by atoms with E-state index in [1.165, 1.54) is 0 Å². The summed E-state index contributed by atoms with van der Waals surface area (Å²) in [4.78, 5) is 26.3. The highest BCUT2D eigenvalue weighted by atomic mass is 16.1. The second-order valence-electron chi connectivity index (χ2n) is 5.15. The second kappa shape index (κ2) is 7.27. The molecule has 1 N–H and O–H groups in total. The van der Waals surface area contributed by atoms with Crippen LogP contribution in [0.5, 0.6) is 0 Å². The number of aryl methyl sites for hydroxylation is 1. The van der Waals surface area contributed by atoms with Crippen molar-refractivity contribution in [3.63, 3.8) is 0 Å². The van der Waals surface area contributed by atoms with Crippen molar-refractivity contribution in [1.29, 1.82) is 5.26 Å². The van der Waals surface area contributed by atoms with E-state index < -0.39 is 5.91 Å². The minimum Gasteiger partial charge on any atom is -0.373 e. The van der Waals surface area contributed by atoms with Crippen molar-refractivity contribution < 1.29 is 9.59 Å². The molecular weight excluding hydrogens is 280 g/mol. The molecule has 1 aromatic rings. The normalized spacial score (nSPS) is 15.2. The topological polar surface area (TPSA) is 76.4 Å². The van der Waals surface area contributed by atoms with Crippen LogP contribution in [-0.4, -0.2) is 48.3 Å². The molecular formula is C16H18N4O2. The van der Waals surface area contributed by atoms with Gasteiger partial charge < -0.3 is 15.1 Å². The molecule has 0 aromatic heterocycles. The van der Waals surface area contributed by atoms with E-state index in [0.29, 0.717) is 31.9 Å². The van der Waals surface area contributed by atoms with E-state index in [4.69, 9.17) is 0 Å². The Morgan fingerprint density at radius 1 is 1.18 bits per heavy atom. The predicted molar refractivity (Wildman–Crippen MR) is 82.7 cm³/mol. The summed E-state index contributed by atoms with van der Waals surface area (Å²) in [6.07, 6.45) is 2.38. The van der Waals surface area contributed by atoms with Crippen LogP contribution in [0.4, 0.5) is 5.69 Å². The molecule has 2 amide bonds. The van der Waals surface area contributed by atoms with Gasteiger partial charge in [0.1, 0.15) is 11.6 Å². The van der Waals surface area contributed by atoms with Crippen molar-refractivity contribution >= 4 is 18.0 Å². The summed E-state index contributed by atoms with van der Waals surface area (Å²) in [5.41, 5.74) is 1.81. The summed E-state index contributed by atoms with van der Waals surface area (Å²) >= 11 is 0. The molecule has 22 heavy (non-hydrogen) atoms. The third-order valence-electron chi connectivity index (χ3n) is 3.48. The van der Waals surface area contributed by atoms with Crippen LogP contribution in [0.1, 0.15) is 5.56 Å². The minimum atomic E-state index is -0.427. The van der Waals surface area contributed by atoms with Gasteiger partial charge in [0.05, 0.1) is 0 Å². The van der Waals surface area contributed by atoms with Gasteiger partial charge in [-0.25, -0.2) is 0 Å². The van der Waals surface area contributed by atoms with Gasteiger partial charge >= 0.3 is 0 Å². The van der Waals surface area contributed by atoms with Crippen LogP contribution in [-0.2, 0) is 9.59 Å². The lowest BCUT2D eigenvalue weighted by Crippen LogP contribution is -2.43. The Balaban J connectivity index is 2.00. The van der Waals surface area contributed by atoms with Gasteiger partial charge in [-0.2, -0.15) is 5.26 Å². The van der Waals surface area contributed by atoms with Gasteiger partial charge in [0, 0.05) is 38.1 Å². The fourth-order valence-electron chi connectivity index (χ4n) is 2.13. The van der Waals surface area contributed by atoms with Crippen molar-refractivity contribution in [2.75, 3.05) is 31.5 Å². The number of amides is 2. The van der Waals surface area contributed by atoms with Crippen molar-refractivity contribution in [2.24, 2.45) is 0 Å². The van der Waals surface area contributed by atoms with Crippen LogP contribution in [0.3, 0.4) is 0 Å². The number of nitrogens with zero attached hydrogens (tertiary/aromatic N) is 3. The van der Waals surface area contributed by atoms with Crippen LogP contribution in [0.15, 0.2) is 36.0 Å². The van der Waals surface area contributed by atoms with E-state index in [2.05, 4.69) is 5.32 Å². The summed E-state index contributed by atoms with van der Waals surface area (Å²) < 4.78 is 0.